The molecule has 1 aliphatic carbocycles. The highest BCUT2D eigenvalue weighted by Crippen LogP contribution is 2.32. The lowest BCUT2D eigenvalue weighted by Crippen LogP contribution is -2.32. The van der Waals surface area contributed by atoms with E-state index in [1.54, 1.807) is 12.1 Å². The Labute approximate surface area is 81.9 Å². The van der Waals surface area contributed by atoms with Crippen molar-refractivity contribution in [1.82, 2.24) is 5.32 Å². The van der Waals surface area contributed by atoms with Gasteiger partial charge in [0.15, 0.2) is 5.76 Å². The second kappa shape index (κ2) is 3.84. The van der Waals surface area contributed by atoms with Crippen molar-refractivity contribution < 1.29 is 14.3 Å². The fraction of sp³-hybridized carbons (Fsp3) is 0.500. The molecule has 1 unspecified atom stereocenters. The number of hydrogen-bond donors (Lipinski definition) is 2. The van der Waals surface area contributed by atoms with Crippen molar-refractivity contribution >= 4 is 5.91 Å². The third-order valence-electron chi connectivity index (χ3n) is 2.38. The van der Waals surface area contributed by atoms with Crippen molar-refractivity contribution in [2.45, 2.75) is 18.9 Å². The third kappa shape index (κ3) is 2.14. The van der Waals surface area contributed by atoms with Crippen LogP contribution in [0, 0.1) is 5.92 Å². The second-order valence-corrected chi connectivity index (χ2v) is 3.59. The number of furan rings is 1. The number of amides is 1. The summed E-state index contributed by atoms with van der Waals surface area (Å²) in [7, 11) is 0. The minimum absolute atomic E-state index is 0.269. The Hall–Kier alpha value is -1.29. The van der Waals surface area contributed by atoms with Crippen LogP contribution in [0.15, 0.2) is 22.8 Å². The molecule has 0 radical (unpaired) electrons. The first kappa shape index (κ1) is 9.27. The average Bonchev–Trinajstić information content (AvgIpc) is 2.90. The van der Waals surface area contributed by atoms with Crippen LogP contribution in [0.3, 0.4) is 0 Å². The molecule has 1 saturated carbocycles. The number of hydrogen-bond acceptors (Lipinski definition) is 3. The largest absolute Gasteiger partial charge is 0.459 e. The van der Waals surface area contributed by atoms with E-state index < -0.39 is 6.10 Å². The summed E-state index contributed by atoms with van der Waals surface area (Å²) in [6.45, 7) is 0.310. The van der Waals surface area contributed by atoms with Gasteiger partial charge in [-0.3, -0.25) is 4.79 Å². The average molecular weight is 195 g/mol. The van der Waals surface area contributed by atoms with Crippen molar-refractivity contribution in [2.24, 2.45) is 5.92 Å². The van der Waals surface area contributed by atoms with Crippen LogP contribution >= 0.6 is 0 Å². The van der Waals surface area contributed by atoms with Crippen molar-refractivity contribution in [3.05, 3.63) is 24.2 Å². The molecule has 2 rings (SSSR count). The number of carbonyl (C=O) groups is 1. The van der Waals surface area contributed by atoms with Gasteiger partial charge in [0, 0.05) is 6.54 Å². The van der Waals surface area contributed by atoms with E-state index in [1.165, 1.54) is 6.26 Å². The summed E-state index contributed by atoms with van der Waals surface area (Å²) in [5.41, 5.74) is 0. The van der Waals surface area contributed by atoms with Crippen LogP contribution in [-0.2, 0) is 0 Å². The highest BCUT2D eigenvalue weighted by Gasteiger charge is 2.29. The van der Waals surface area contributed by atoms with Gasteiger partial charge in [0.2, 0.25) is 0 Å². The first-order chi connectivity index (χ1) is 6.77. The minimum Gasteiger partial charge on any atom is -0.459 e. The number of carbonyl (C=O) groups excluding carboxylic acids is 1. The van der Waals surface area contributed by atoms with Crippen LogP contribution in [0.1, 0.15) is 23.4 Å². The zero-order valence-electron chi connectivity index (χ0n) is 7.77. The van der Waals surface area contributed by atoms with E-state index in [0.29, 0.717) is 12.5 Å². The van der Waals surface area contributed by atoms with E-state index >= 15 is 0 Å². The van der Waals surface area contributed by atoms with Gasteiger partial charge in [-0.15, -0.1) is 0 Å². The molecule has 1 aliphatic rings. The molecule has 76 valence electrons. The third-order valence-corrected chi connectivity index (χ3v) is 2.38. The lowest BCUT2D eigenvalue weighted by Gasteiger charge is -2.09. The topological polar surface area (TPSA) is 62.5 Å². The number of rotatable bonds is 4. The van der Waals surface area contributed by atoms with E-state index in [4.69, 9.17) is 4.42 Å². The van der Waals surface area contributed by atoms with E-state index in [-0.39, 0.29) is 11.7 Å². The molecular formula is C10H13NO3. The second-order valence-electron chi connectivity index (χ2n) is 3.59. The molecule has 1 fully saturated rings. The summed E-state index contributed by atoms with van der Waals surface area (Å²) in [6.07, 6.45) is 3.18. The zero-order valence-corrected chi connectivity index (χ0v) is 7.77. The fourth-order valence-electron chi connectivity index (χ4n) is 1.34. The van der Waals surface area contributed by atoms with Crippen molar-refractivity contribution in [1.29, 1.82) is 0 Å². The van der Waals surface area contributed by atoms with Gasteiger partial charge in [-0.05, 0) is 30.9 Å². The molecule has 4 nitrogen and oxygen atoms in total. The van der Waals surface area contributed by atoms with Crippen LogP contribution in [0.2, 0.25) is 0 Å². The van der Waals surface area contributed by atoms with Gasteiger partial charge < -0.3 is 14.8 Å². The Kier molecular flexibility index (Phi) is 2.54. The van der Waals surface area contributed by atoms with Crippen LogP contribution < -0.4 is 5.32 Å². The van der Waals surface area contributed by atoms with E-state index in [2.05, 4.69) is 5.32 Å². The van der Waals surface area contributed by atoms with Crippen LogP contribution in [0.4, 0.5) is 0 Å². The number of nitrogens with one attached hydrogen (secondary N) is 1. The molecule has 0 aromatic carbocycles. The Morgan fingerprint density at radius 2 is 2.50 bits per heavy atom. The van der Waals surface area contributed by atoms with Crippen LogP contribution in [0.5, 0.6) is 0 Å². The first-order valence-electron chi connectivity index (χ1n) is 4.77. The van der Waals surface area contributed by atoms with Gasteiger partial charge in [0.25, 0.3) is 5.91 Å². The molecule has 0 bridgehead atoms. The Bertz CT molecular complexity index is 303. The van der Waals surface area contributed by atoms with Gasteiger partial charge in [0.1, 0.15) is 0 Å². The van der Waals surface area contributed by atoms with Gasteiger partial charge in [-0.25, -0.2) is 0 Å². The highest BCUT2D eigenvalue weighted by atomic mass is 16.3. The van der Waals surface area contributed by atoms with Gasteiger partial charge in [0.05, 0.1) is 12.4 Å². The van der Waals surface area contributed by atoms with Crippen molar-refractivity contribution in [3.63, 3.8) is 0 Å². The monoisotopic (exact) mass is 195 g/mol. The summed E-state index contributed by atoms with van der Waals surface area (Å²) >= 11 is 0. The lowest BCUT2D eigenvalue weighted by atomic mass is 10.2. The van der Waals surface area contributed by atoms with E-state index in [1.807, 2.05) is 0 Å². The molecule has 1 heterocycles. The van der Waals surface area contributed by atoms with Gasteiger partial charge >= 0.3 is 0 Å². The van der Waals surface area contributed by atoms with Crippen LogP contribution in [-0.4, -0.2) is 23.7 Å². The maximum atomic E-state index is 11.3. The Morgan fingerprint density at radius 3 is 3.07 bits per heavy atom. The SMILES string of the molecule is O=C(NCC(O)C1CC1)c1ccco1. The number of aliphatic hydroxyl groups excluding tert-OH is 1. The summed E-state index contributed by atoms with van der Waals surface area (Å²) in [4.78, 5) is 11.3. The normalized spacial score (nSPS) is 17.8. The maximum Gasteiger partial charge on any atom is 0.287 e. The summed E-state index contributed by atoms with van der Waals surface area (Å²) < 4.78 is 4.91. The molecular weight excluding hydrogens is 182 g/mol. The maximum absolute atomic E-state index is 11.3. The van der Waals surface area contributed by atoms with Crippen LogP contribution in [0.25, 0.3) is 0 Å². The Morgan fingerprint density at radius 1 is 1.71 bits per heavy atom. The summed E-state index contributed by atoms with van der Waals surface area (Å²) in [6, 6.07) is 3.26. The zero-order chi connectivity index (χ0) is 9.97. The van der Waals surface area contributed by atoms with E-state index in [0.717, 1.165) is 12.8 Å². The first-order valence-corrected chi connectivity index (χ1v) is 4.77. The number of aliphatic hydroxyl groups is 1. The lowest BCUT2D eigenvalue weighted by molar-refractivity contribution is 0.0874. The molecule has 1 aromatic rings. The summed E-state index contributed by atoms with van der Waals surface area (Å²) in [5.74, 6) is 0.398. The molecule has 1 atom stereocenters. The quantitative estimate of drug-likeness (QED) is 0.746. The molecule has 1 aromatic heterocycles. The molecule has 0 aliphatic heterocycles. The summed E-state index contributed by atoms with van der Waals surface area (Å²) in [5, 5.41) is 12.1. The predicted molar refractivity (Wildman–Crippen MR) is 49.8 cm³/mol. The molecule has 0 saturated heterocycles. The molecule has 2 N–H and O–H groups in total. The Balaban J connectivity index is 1.77. The smallest absolute Gasteiger partial charge is 0.287 e. The van der Waals surface area contributed by atoms with Crippen molar-refractivity contribution in [3.8, 4) is 0 Å². The molecule has 4 heteroatoms. The molecule has 1 amide bonds. The standard InChI is InChI=1S/C10H13NO3/c12-8(7-3-4-7)6-11-10(13)9-2-1-5-14-9/h1-2,5,7-8,12H,3-4,6H2,(H,11,13). The molecule has 0 spiro atoms. The van der Waals surface area contributed by atoms with Gasteiger partial charge in [-0.1, -0.05) is 0 Å². The highest BCUT2D eigenvalue weighted by molar-refractivity contribution is 5.91. The minimum atomic E-state index is -0.408. The van der Waals surface area contributed by atoms with E-state index in [9.17, 15) is 9.90 Å². The predicted octanol–water partition coefficient (Wildman–Crippen LogP) is 0.780. The fourth-order valence-corrected chi connectivity index (χ4v) is 1.34. The van der Waals surface area contributed by atoms with Crippen molar-refractivity contribution in [2.75, 3.05) is 6.54 Å². The van der Waals surface area contributed by atoms with Gasteiger partial charge in [-0.2, -0.15) is 0 Å². The molecule has 14 heavy (non-hydrogen) atoms.